The van der Waals surface area contributed by atoms with E-state index in [9.17, 15) is 0 Å². The fourth-order valence-electron chi connectivity index (χ4n) is 3.15. The van der Waals surface area contributed by atoms with Crippen LogP contribution in [0.1, 0.15) is 31.0 Å². The summed E-state index contributed by atoms with van der Waals surface area (Å²) < 4.78 is 0. The van der Waals surface area contributed by atoms with Crippen LogP contribution in [-0.4, -0.2) is 53.1 Å². The molecule has 0 unspecified atom stereocenters. The molecule has 1 aliphatic rings. The lowest BCUT2D eigenvalue weighted by Crippen LogP contribution is -2.45. The van der Waals surface area contributed by atoms with Crippen molar-refractivity contribution in [1.29, 1.82) is 0 Å². The zero-order valence-corrected chi connectivity index (χ0v) is 15.4. The summed E-state index contributed by atoms with van der Waals surface area (Å²) in [5.41, 5.74) is 2.37. The highest BCUT2D eigenvalue weighted by atomic mass is 15.3. The molecule has 6 heteroatoms. The molecule has 1 fully saturated rings. The lowest BCUT2D eigenvalue weighted by Gasteiger charge is -2.32. The van der Waals surface area contributed by atoms with Crippen LogP contribution in [0.5, 0.6) is 0 Å². The average Bonchev–Trinajstić information content (AvgIpc) is 2.64. The number of piperazine rings is 1. The number of nitrogens with zero attached hydrogens (tertiary/aromatic N) is 5. The second-order valence-electron chi connectivity index (χ2n) is 7.06. The molecular weight excluding hydrogens is 312 g/mol. The molecule has 1 atom stereocenters. The third kappa shape index (κ3) is 4.74. The maximum absolute atomic E-state index is 4.57. The Morgan fingerprint density at radius 1 is 1.04 bits per heavy atom. The molecule has 0 amide bonds. The lowest BCUT2D eigenvalue weighted by molar-refractivity contribution is 0.311. The number of anilines is 1. The quantitative estimate of drug-likeness (QED) is 0.869. The molecule has 2 aromatic rings. The van der Waals surface area contributed by atoms with Gasteiger partial charge in [-0.15, -0.1) is 0 Å². The maximum Gasteiger partial charge on any atom is 0.225 e. The van der Waals surface area contributed by atoms with Crippen molar-refractivity contribution in [2.75, 3.05) is 38.1 Å². The van der Waals surface area contributed by atoms with E-state index in [0.29, 0.717) is 12.0 Å². The van der Waals surface area contributed by atoms with E-state index in [0.717, 1.165) is 44.2 Å². The van der Waals surface area contributed by atoms with Crippen molar-refractivity contribution in [3.63, 3.8) is 0 Å². The Balaban J connectivity index is 1.59. The zero-order valence-electron chi connectivity index (χ0n) is 15.4. The van der Waals surface area contributed by atoms with Gasteiger partial charge < -0.3 is 15.1 Å². The van der Waals surface area contributed by atoms with Crippen LogP contribution in [0.15, 0.2) is 36.9 Å². The van der Waals surface area contributed by atoms with Crippen LogP contribution >= 0.6 is 0 Å². The highest BCUT2D eigenvalue weighted by molar-refractivity contribution is 5.30. The molecular formula is C19H28N6. The molecule has 134 valence electrons. The highest BCUT2D eigenvalue weighted by Gasteiger charge is 2.17. The Kier molecular flexibility index (Phi) is 5.94. The summed E-state index contributed by atoms with van der Waals surface area (Å²) in [5.74, 6) is 1.33. The molecule has 0 spiro atoms. The SMILES string of the molecule is CC(C)[C@H](NCc1cnc(N2CCN(C)CC2)nc1)c1ccncc1. The van der Waals surface area contributed by atoms with Crippen molar-refractivity contribution in [1.82, 2.24) is 25.2 Å². The predicted octanol–water partition coefficient (Wildman–Crippen LogP) is 2.11. The number of hydrogen-bond acceptors (Lipinski definition) is 6. The van der Waals surface area contributed by atoms with Gasteiger partial charge in [0.1, 0.15) is 0 Å². The number of likely N-dealkylation sites (N-methyl/N-ethyl adjacent to an activating group) is 1. The number of aromatic nitrogens is 3. The molecule has 3 heterocycles. The summed E-state index contributed by atoms with van der Waals surface area (Å²) in [4.78, 5) is 17.8. The van der Waals surface area contributed by atoms with Gasteiger partial charge in [0.2, 0.25) is 5.95 Å². The van der Waals surface area contributed by atoms with Crippen LogP contribution in [0.4, 0.5) is 5.95 Å². The Hall–Kier alpha value is -2.05. The van der Waals surface area contributed by atoms with Gasteiger partial charge in [0.05, 0.1) is 0 Å². The van der Waals surface area contributed by atoms with E-state index in [-0.39, 0.29) is 0 Å². The van der Waals surface area contributed by atoms with Crippen molar-refractivity contribution in [2.24, 2.45) is 5.92 Å². The smallest absolute Gasteiger partial charge is 0.225 e. The first kappa shape index (κ1) is 17.8. The van der Waals surface area contributed by atoms with Crippen molar-refractivity contribution in [3.05, 3.63) is 48.0 Å². The van der Waals surface area contributed by atoms with Crippen LogP contribution in [0.3, 0.4) is 0 Å². The number of hydrogen-bond donors (Lipinski definition) is 1. The van der Waals surface area contributed by atoms with Gasteiger partial charge in [0.25, 0.3) is 0 Å². The minimum absolute atomic E-state index is 0.292. The minimum Gasteiger partial charge on any atom is -0.338 e. The third-order valence-electron chi connectivity index (χ3n) is 4.74. The summed E-state index contributed by atoms with van der Waals surface area (Å²) >= 11 is 0. The van der Waals surface area contributed by atoms with Crippen molar-refractivity contribution < 1.29 is 0 Å². The monoisotopic (exact) mass is 340 g/mol. The fraction of sp³-hybridized carbons (Fsp3) is 0.526. The Bertz CT molecular complexity index is 635. The summed E-state index contributed by atoms with van der Waals surface area (Å²) in [5, 5.41) is 3.63. The first-order valence-corrected chi connectivity index (χ1v) is 9.01. The molecule has 0 aromatic carbocycles. The molecule has 1 aliphatic heterocycles. The van der Waals surface area contributed by atoms with E-state index in [2.05, 4.69) is 63.1 Å². The van der Waals surface area contributed by atoms with E-state index in [1.54, 1.807) is 0 Å². The summed E-state index contributed by atoms with van der Waals surface area (Å²) in [6, 6.07) is 4.44. The molecule has 6 nitrogen and oxygen atoms in total. The van der Waals surface area contributed by atoms with Crippen molar-refractivity contribution in [2.45, 2.75) is 26.4 Å². The maximum atomic E-state index is 4.57. The van der Waals surface area contributed by atoms with Gasteiger partial charge in [-0.05, 0) is 30.7 Å². The molecule has 2 aromatic heterocycles. The molecule has 1 saturated heterocycles. The lowest BCUT2D eigenvalue weighted by atomic mass is 9.97. The third-order valence-corrected chi connectivity index (χ3v) is 4.74. The van der Waals surface area contributed by atoms with Gasteiger partial charge in [-0.1, -0.05) is 13.8 Å². The minimum atomic E-state index is 0.292. The van der Waals surface area contributed by atoms with Gasteiger partial charge in [-0.3, -0.25) is 4.98 Å². The molecule has 0 saturated carbocycles. The summed E-state index contributed by atoms with van der Waals surface area (Å²) in [6.45, 7) is 9.32. The van der Waals surface area contributed by atoms with E-state index in [1.165, 1.54) is 5.56 Å². The molecule has 1 N–H and O–H groups in total. The van der Waals surface area contributed by atoms with Gasteiger partial charge in [0, 0.05) is 69.1 Å². The second kappa shape index (κ2) is 8.36. The summed E-state index contributed by atoms with van der Waals surface area (Å²) in [7, 11) is 2.15. The number of nitrogens with one attached hydrogen (secondary N) is 1. The molecule has 25 heavy (non-hydrogen) atoms. The van der Waals surface area contributed by atoms with Gasteiger partial charge in [-0.2, -0.15) is 0 Å². The first-order chi connectivity index (χ1) is 12.1. The second-order valence-corrected chi connectivity index (χ2v) is 7.06. The number of rotatable bonds is 6. The molecule has 3 rings (SSSR count). The van der Waals surface area contributed by atoms with Crippen LogP contribution in [0.25, 0.3) is 0 Å². The standard InChI is InChI=1S/C19H28N6/c1-15(2)18(17-4-6-20-7-5-17)21-12-16-13-22-19(23-14-16)25-10-8-24(3)9-11-25/h4-7,13-15,18,21H,8-12H2,1-3H3/t18-/m0/s1. The van der Waals surface area contributed by atoms with Crippen LogP contribution in [0, 0.1) is 5.92 Å². The Morgan fingerprint density at radius 2 is 1.68 bits per heavy atom. The van der Waals surface area contributed by atoms with E-state index in [4.69, 9.17) is 0 Å². The van der Waals surface area contributed by atoms with Gasteiger partial charge in [0.15, 0.2) is 0 Å². The number of pyridine rings is 1. The van der Waals surface area contributed by atoms with E-state index < -0.39 is 0 Å². The Morgan fingerprint density at radius 3 is 2.28 bits per heavy atom. The molecule has 0 radical (unpaired) electrons. The highest BCUT2D eigenvalue weighted by Crippen LogP contribution is 2.21. The van der Waals surface area contributed by atoms with E-state index in [1.807, 2.05) is 24.8 Å². The largest absolute Gasteiger partial charge is 0.338 e. The topological polar surface area (TPSA) is 57.2 Å². The average molecular weight is 340 g/mol. The zero-order chi connectivity index (χ0) is 17.6. The molecule has 0 aliphatic carbocycles. The molecule has 0 bridgehead atoms. The van der Waals surface area contributed by atoms with Crippen LogP contribution in [-0.2, 0) is 6.54 Å². The first-order valence-electron chi connectivity index (χ1n) is 9.01. The van der Waals surface area contributed by atoms with Crippen molar-refractivity contribution in [3.8, 4) is 0 Å². The van der Waals surface area contributed by atoms with Gasteiger partial charge in [-0.25, -0.2) is 9.97 Å². The Labute approximate surface area is 150 Å². The van der Waals surface area contributed by atoms with E-state index >= 15 is 0 Å². The predicted molar refractivity (Wildman–Crippen MR) is 100 cm³/mol. The summed E-state index contributed by atoms with van der Waals surface area (Å²) in [6.07, 6.45) is 7.58. The van der Waals surface area contributed by atoms with Crippen molar-refractivity contribution >= 4 is 5.95 Å². The fourth-order valence-corrected chi connectivity index (χ4v) is 3.15. The normalized spacial score (nSPS) is 17.0. The van der Waals surface area contributed by atoms with Gasteiger partial charge >= 0.3 is 0 Å². The van der Waals surface area contributed by atoms with Crippen LogP contribution < -0.4 is 10.2 Å². The van der Waals surface area contributed by atoms with Crippen LogP contribution in [0.2, 0.25) is 0 Å².